The Hall–Kier alpha value is -2.32. The van der Waals surface area contributed by atoms with E-state index < -0.39 is 5.54 Å². The van der Waals surface area contributed by atoms with Crippen LogP contribution < -0.4 is 16.0 Å². The number of halogens is 1. The molecule has 4 rings (SSSR count). The number of anilines is 1. The van der Waals surface area contributed by atoms with Gasteiger partial charge in [-0.2, -0.15) is 0 Å². The molecule has 0 saturated heterocycles. The topological polar surface area (TPSA) is 99.5 Å². The zero-order valence-corrected chi connectivity index (χ0v) is 17.7. The van der Waals surface area contributed by atoms with E-state index in [9.17, 15) is 9.59 Å². The first-order valence-corrected chi connectivity index (χ1v) is 10.3. The summed E-state index contributed by atoms with van der Waals surface area (Å²) in [4.78, 5) is 30.5. The molecule has 1 fully saturated rings. The molecule has 2 aromatic rings. The van der Waals surface area contributed by atoms with Crippen LogP contribution in [0.25, 0.3) is 11.1 Å². The number of nitrogens with one attached hydrogen (secondary N) is 3. The second-order valence-electron chi connectivity index (χ2n) is 8.12. The zero-order valence-electron chi connectivity index (χ0n) is 16.9. The number of hydrogen-bond donors (Lipinski definition) is 3. The summed E-state index contributed by atoms with van der Waals surface area (Å²) < 4.78 is 6.13. The summed E-state index contributed by atoms with van der Waals surface area (Å²) in [6.07, 6.45) is 4.88. The molecule has 1 aliphatic heterocycles. The van der Waals surface area contributed by atoms with Gasteiger partial charge in [-0.1, -0.05) is 30.9 Å². The molecule has 29 heavy (non-hydrogen) atoms. The van der Waals surface area contributed by atoms with Crippen molar-refractivity contribution in [3.63, 3.8) is 0 Å². The highest BCUT2D eigenvalue weighted by molar-refractivity contribution is 6.35. The van der Waals surface area contributed by atoms with E-state index in [1.54, 1.807) is 32.0 Å². The zero-order chi connectivity index (χ0) is 20.8. The number of carbonyl (C=O) groups is 2. The molecule has 2 heterocycles. The Balaban J connectivity index is 1.71. The van der Waals surface area contributed by atoms with Crippen molar-refractivity contribution >= 4 is 40.3 Å². The Labute approximate surface area is 174 Å². The summed E-state index contributed by atoms with van der Waals surface area (Å²) in [6, 6.07) is 1.13. The number of likely N-dealkylation sites (N-methyl/N-ethyl adjacent to an activating group) is 1. The predicted molar refractivity (Wildman–Crippen MR) is 111 cm³/mol. The van der Waals surface area contributed by atoms with Crippen molar-refractivity contribution in [2.45, 2.75) is 57.2 Å². The number of rotatable bonds is 4. The first-order chi connectivity index (χ1) is 13.8. The van der Waals surface area contributed by atoms with Crippen molar-refractivity contribution in [3.8, 4) is 0 Å². The molecule has 9 heteroatoms. The molecule has 0 bridgehead atoms. The largest absolute Gasteiger partial charge is 0.439 e. The fourth-order valence-corrected chi connectivity index (χ4v) is 4.65. The molecular formula is C20H26ClN5O3. The maximum Gasteiger partial charge on any atom is 0.319 e. The van der Waals surface area contributed by atoms with Gasteiger partial charge in [0.1, 0.15) is 5.52 Å². The minimum absolute atomic E-state index is 0.0189. The highest BCUT2D eigenvalue weighted by Gasteiger charge is 2.44. The summed E-state index contributed by atoms with van der Waals surface area (Å²) >= 11 is 6.51. The van der Waals surface area contributed by atoms with Gasteiger partial charge in [0.05, 0.1) is 28.8 Å². The molecule has 8 nitrogen and oxygen atoms in total. The Morgan fingerprint density at radius 2 is 2.10 bits per heavy atom. The van der Waals surface area contributed by atoms with E-state index in [2.05, 4.69) is 20.9 Å². The van der Waals surface area contributed by atoms with E-state index in [0.717, 1.165) is 37.7 Å². The number of hydrogen-bond acceptors (Lipinski definition) is 5. The number of aromatic nitrogens is 1. The summed E-state index contributed by atoms with van der Waals surface area (Å²) in [5, 5.41) is 9.58. The number of nitrogens with zero attached hydrogens (tertiary/aromatic N) is 2. The van der Waals surface area contributed by atoms with Crippen LogP contribution in [0.3, 0.4) is 0 Å². The van der Waals surface area contributed by atoms with Gasteiger partial charge in [0.15, 0.2) is 5.58 Å². The minimum atomic E-state index is -0.489. The number of fused-ring (bicyclic) bond motifs is 4. The van der Waals surface area contributed by atoms with Gasteiger partial charge in [0.2, 0.25) is 11.8 Å². The highest BCUT2D eigenvalue weighted by Crippen LogP contribution is 2.48. The van der Waals surface area contributed by atoms with Crippen LogP contribution in [0.1, 0.15) is 50.5 Å². The average molecular weight is 420 g/mol. The molecule has 1 unspecified atom stereocenters. The smallest absolute Gasteiger partial charge is 0.319 e. The van der Waals surface area contributed by atoms with Crippen molar-refractivity contribution in [1.82, 2.24) is 20.5 Å². The monoisotopic (exact) mass is 419 g/mol. The quantitative estimate of drug-likeness (QED) is 0.705. The third-order valence-electron chi connectivity index (χ3n) is 5.82. The molecule has 1 aromatic heterocycles. The lowest BCUT2D eigenvalue weighted by Crippen LogP contribution is -2.52. The Morgan fingerprint density at radius 3 is 2.79 bits per heavy atom. The molecule has 1 aliphatic carbocycles. The van der Waals surface area contributed by atoms with Crippen LogP contribution in [-0.2, 0) is 16.9 Å². The van der Waals surface area contributed by atoms with Crippen LogP contribution >= 0.6 is 11.6 Å². The van der Waals surface area contributed by atoms with E-state index in [1.807, 2.05) is 0 Å². The van der Waals surface area contributed by atoms with Gasteiger partial charge in [-0.05, 0) is 25.8 Å². The lowest BCUT2D eigenvalue weighted by atomic mass is 9.74. The van der Waals surface area contributed by atoms with E-state index >= 15 is 0 Å². The lowest BCUT2D eigenvalue weighted by molar-refractivity contribution is -0.130. The first kappa shape index (κ1) is 20.0. The van der Waals surface area contributed by atoms with Crippen LogP contribution in [0.2, 0.25) is 5.02 Å². The lowest BCUT2D eigenvalue weighted by Gasteiger charge is -2.42. The molecule has 1 spiro atoms. The molecule has 1 aromatic carbocycles. The molecule has 0 radical (unpaired) electrons. The molecule has 1 atom stereocenters. The number of oxazole rings is 1. The van der Waals surface area contributed by atoms with Crippen molar-refractivity contribution < 1.29 is 14.0 Å². The Bertz CT molecular complexity index is 965. The predicted octanol–water partition coefficient (Wildman–Crippen LogP) is 3.34. The van der Waals surface area contributed by atoms with Gasteiger partial charge in [0, 0.05) is 19.7 Å². The van der Waals surface area contributed by atoms with Crippen LogP contribution in [0.4, 0.5) is 10.5 Å². The van der Waals surface area contributed by atoms with Crippen LogP contribution in [0.15, 0.2) is 10.5 Å². The van der Waals surface area contributed by atoms with Crippen molar-refractivity contribution in [1.29, 1.82) is 0 Å². The van der Waals surface area contributed by atoms with Crippen molar-refractivity contribution in [2.75, 3.05) is 19.4 Å². The van der Waals surface area contributed by atoms with Crippen molar-refractivity contribution in [3.05, 3.63) is 22.5 Å². The maximum atomic E-state index is 12.3. The third-order valence-corrected chi connectivity index (χ3v) is 6.12. The molecule has 2 aliphatic rings. The number of benzene rings is 1. The third kappa shape index (κ3) is 3.55. The van der Waals surface area contributed by atoms with E-state index in [0.29, 0.717) is 34.2 Å². The van der Waals surface area contributed by atoms with Crippen LogP contribution in [0, 0.1) is 0 Å². The fraction of sp³-hybridized carbons (Fsp3) is 0.550. The van der Waals surface area contributed by atoms with Gasteiger partial charge < -0.3 is 20.0 Å². The number of urea groups is 1. The minimum Gasteiger partial charge on any atom is -0.439 e. The molecular weight excluding hydrogens is 394 g/mol. The van der Waals surface area contributed by atoms with Gasteiger partial charge in [-0.15, -0.1) is 0 Å². The van der Waals surface area contributed by atoms with E-state index in [1.165, 1.54) is 0 Å². The summed E-state index contributed by atoms with van der Waals surface area (Å²) in [5.74, 6) is 0.459. The average Bonchev–Trinajstić information content (AvgIpc) is 3.08. The fourth-order valence-electron chi connectivity index (χ4n) is 4.40. The maximum absolute atomic E-state index is 12.3. The second kappa shape index (κ2) is 7.50. The van der Waals surface area contributed by atoms with Gasteiger partial charge in [-0.25, -0.2) is 9.78 Å². The summed E-state index contributed by atoms with van der Waals surface area (Å²) in [5.41, 5.74) is 2.30. The normalized spacial score (nSPS) is 18.8. The van der Waals surface area contributed by atoms with Crippen LogP contribution in [0.5, 0.6) is 0 Å². The van der Waals surface area contributed by atoms with Gasteiger partial charge in [-0.3, -0.25) is 10.1 Å². The summed E-state index contributed by atoms with van der Waals surface area (Å²) in [7, 11) is 3.44. The molecule has 3 N–H and O–H groups in total. The van der Waals surface area contributed by atoms with Gasteiger partial charge >= 0.3 is 6.03 Å². The van der Waals surface area contributed by atoms with Gasteiger partial charge in [0.25, 0.3) is 0 Å². The standard InChI is InChI=1S/C20H26ClN5O3/c1-11(18(27)26(2)3)22-10-14-23-13-9-12(21)16-15(17(13)29-14)20(25-19(28)24-16)7-5-4-6-8-20/h9,11,22H,4-8,10H2,1-3H3,(H2,24,25,28). The number of amides is 3. The van der Waals surface area contributed by atoms with Crippen molar-refractivity contribution in [2.24, 2.45) is 0 Å². The SMILES string of the molecule is CC(NCc1nc2cc(Cl)c3c(c2o1)C1(CCCCC1)NC(=O)N3)C(=O)N(C)C. The highest BCUT2D eigenvalue weighted by atomic mass is 35.5. The number of carbonyl (C=O) groups excluding carboxylic acids is 2. The molecule has 156 valence electrons. The Morgan fingerprint density at radius 1 is 1.38 bits per heavy atom. The van der Waals surface area contributed by atoms with E-state index in [4.69, 9.17) is 16.0 Å². The second-order valence-corrected chi connectivity index (χ2v) is 8.53. The Kier molecular flexibility index (Phi) is 5.16. The van der Waals surface area contributed by atoms with E-state index in [-0.39, 0.29) is 18.0 Å². The molecule has 3 amide bonds. The summed E-state index contributed by atoms with van der Waals surface area (Å²) in [6.45, 7) is 2.12. The molecule has 1 saturated carbocycles. The van der Waals surface area contributed by atoms with Crippen LogP contribution in [-0.4, -0.2) is 42.0 Å². The first-order valence-electron chi connectivity index (χ1n) is 9.97.